The van der Waals surface area contributed by atoms with Crippen LogP contribution in [0.2, 0.25) is 0 Å². The molecule has 1 fully saturated rings. The number of hydrogen-bond donors (Lipinski definition) is 0. The molecule has 1 aliphatic rings. The Bertz CT molecular complexity index is 377. The van der Waals surface area contributed by atoms with Crippen molar-refractivity contribution < 1.29 is 0 Å². The van der Waals surface area contributed by atoms with Crippen LogP contribution in [0.15, 0.2) is 12.4 Å². The maximum absolute atomic E-state index is 9.06. The van der Waals surface area contributed by atoms with Crippen LogP contribution in [0.5, 0.6) is 0 Å². The lowest BCUT2D eigenvalue weighted by Gasteiger charge is -2.31. The summed E-state index contributed by atoms with van der Waals surface area (Å²) in [7, 11) is 2.01. The fourth-order valence-corrected chi connectivity index (χ4v) is 2.29. The van der Waals surface area contributed by atoms with Crippen LogP contribution >= 0.6 is 0 Å². The molecule has 1 aliphatic heterocycles. The van der Waals surface area contributed by atoms with Gasteiger partial charge < -0.3 is 4.57 Å². The lowest BCUT2D eigenvalue weighted by molar-refractivity contribution is 0.185. The second-order valence-corrected chi connectivity index (χ2v) is 4.38. The van der Waals surface area contributed by atoms with E-state index >= 15 is 0 Å². The monoisotopic (exact) mass is 218 g/mol. The predicted molar refractivity (Wildman–Crippen MR) is 61.7 cm³/mol. The molecule has 1 aromatic rings. The van der Waals surface area contributed by atoms with Crippen LogP contribution in [-0.4, -0.2) is 33.6 Å². The first-order valence-electron chi connectivity index (χ1n) is 5.91. The average molecular weight is 218 g/mol. The third kappa shape index (κ3) is 2.42. The molecule has 1 saturated heterocycles. The molecule has 0 aliphatic carbocycles. The Morgan fingerprint density at radius 3 is 3.12 bits per heavy atom. The molecule has 0 N–H and O–H groups in total. The fourth-order valence-electron chi connectivity index (χ4n) is 2.29. The molecule has 86 valence electrons. The van der Waals surface area contributed by atoms with Crippen molar-refractivity contribution in [1.29, 1.82) is 5.26 Å². The van der Waals surface area contributed by atoms with Gasteiger partial charge in [-0.05, 0) is 25.8 Å². The first kappa shape index (κ1) is 11.2. The number of likely N-dealkylation sites (tertiary alicyclic amines) is 1. The molecular formula is C12H18N4. The molecule has 2 rings (SSSR count). The van der Waals surface area contributed by atoms with Crippen LogP contribution in [0.3, 0.4) is 0 Å². The fraction of sp³-hybridized carbons (Fsp3) is 0.667. The molecule has 1 aromatic heterocycles. The number of imidazole rings is 1. The van der Waals surface area contributed by atoms with E-state index in [-0.39, 0.29) is 6.04 Å². The number of piperidine rings is 1. The van der Waals surface area contributed by atoms with Crippen molar-refractivity contribution >= 4 is 0 Å². The molecule has 0 aromatic carbocycles. The molecule has 4 nitrogen and oxygen atoms in total. The summed E-state index contributed by atoms with van der Waals surface area (Å²) < 4.78 is 2.05. The van der Waals surface area contributed by atoms with E-state index in [9.17, 15) is 0 Å². The van der Waals surface area contributed by atoms with Crippen molar-refractivity contribution in [3.63, 3.8) is 0 Å². The van der Waals surface area contributed by atoms with Crippen molar-refractivity contribution in [3.8, 4) is 6.07 Å². The smallest absolute Gasteiger partial charge is 0.109 e. The zero-order valence-corrected chi connectivity index (χ0v) is 9.76. The van der Waals surface area contributed by atoms with Gasteiger partial charge >= 0.3 is 0 Å². The third-order valence-electron chi connectivity index (χ3n) is 3.31. The van der Waals surface area contributed by atoms with E-state index in [0.717, 1.165) is 31.8 Å². The van der Waals surface area contributed by atoms with Crippen molar-refractivity contribution in [3.05, 3.63) is 18.2 Å². The number of nitriles is 1. The van der Waals surface area contributed by atoms with Crippen LogP contribution in [0.1, 0.15) is 25.1 Å². The van der Waals surface area contributed by atoms with Crippen LogP contribution in [0.25, 0.3) is 0 Å². The van der Waals surface area contributed by atoms with Gasteiger partial charge in [0.15, 0.2) is 0 Å². The minimum Gasteiger partial charge on any atom is -0.338 e. The second kappa shape index (κ2) is 5.13. The van der Waals surface area contributed by atoms with Gasteiger partial charge in [-0.2, -0.15) is 5.26 Å². The largest absolute Gasteiger partial charge is 0.338 e. The molecular weight excluding hydrogens is 200 g/mol. The topological polar surface area (TPSA) is 44.9 Å². The third-order valence-corrected chi connectivity index (χ3v) is 3.31. The summed E-state index contributed by atoms with van der Waals surface area (Å²) in [5.41, 5.74) is 0. The van der Waals surface area contributed by atoms with Crippen LogP contribution in [0.4, 0.5) is 0 Å². The molecule has 0 saturated carbocycles. The van der Waals surface area contributed by atoms with Gasteiger partial charge in [-0.25, -0.2) is 4.98 Å². The maximum atomic E-state index is 9.06. The van der Waals surface area contributed by atoms with Crippen molar-refractivity contribution in [2.75, 3.05) is 13.1 Å². The van der Waals surface area contributed by atoms with Gasteiger partial charge in [0.2, 0.25) is 0 Å². The second-order valence-electron chi connectivity index (χ2n) is 4.38. The molecule has 2 heterocycles. The molecule has 0 amide bonds. The summed E-state index contributed by atoms with van der Waals surface area (Å²) in [4.78, 5) is 6.59. The molecule has 1 atom stereocenters. The Labute approximate surface area is 96.5 Å². The molecule has 1 unspecified atom stereocenters. The van der Waals surface area contributed by atoms with Crippen molar-refractivity contribution in [1.82, 2.24) is 14.5 Å². The van der Waals surface area contributed by atoms with Gasteiger partial charge in [0.25, 0.3) is 0 Å². The number of aryl methyl sites for hydroxylation is 1. The summed E-state index contributed by atoms with van der Waals surface area (Å²) in [6, 6.07) is 2.52. The minimum atomic E-state index is 0.119. The highest BCUT2D eigenvalue weighted by molar-refractivity contribution is 4.97. The average Bonchev–Trinajstić information content (AvgIpc) is 2.72. The highest BCUT2D eigenvalue weighted by Crippen LogP contribution is 2.16. The number of hydrogen-bond acceptors (Lipinski definition) is 3. The Kier molecular flexibility index (Phi) is 3.58. The predicted octanol–water partition coefficient (Wildman–Crippen LogP) is 1.34. The van der Waals surface area contributed by atoms with Gasteiger partial charge in [0.05, 0.1) is 12.1 Å². The Morgan fingerprint density at radius 1 is 1.56 bits per heavy atom. The first-order valence-corrected chi connectivity index (χ1v) is 5.91. The first-order chi connectivity index (χ1) is 7.81. The minimum absolute atomic E-state index is 0.119. The van der Waals surface area contributed by atoms with Crippen molar-refractivity contribution in [2.24, 2.45) is 7.05 Å². The molecule has 0 radical (unpaired) electrons. The van der Waals surface area contributed by atoms with Gasteiger partial charge in [-0.1, -0.05) is 0 Å². The zero-order chi connectivity index (χ0) is 11.4. The van der Waals surface area contributed by atoms with Crippen LogP contribution in [0, 0.1) is 11.3 Å². The van der Waals surface area contributed by atoms with Gasteiger partial charge in [-0.3, -0.25) is 4.90 Å². The van der Waals surface area contributed by atoms with E-state index in [1.165, 1.54) is 12.8 Å². The summed E-state index contributed by atoms with van der Waals surface area (Å²) >= 11 is 0. The van der Waals surface area contributed by atoms with E-state index in [1.807, 2.05) is 24.0 Å². The lowest BCUT2D eigenvalue weighted by Crippen LogP contribution is -2.39. The van der Waals surface area contributed by atoms with Gasteiger partial charge in [0.1, 0.15) is 5.82 Å². The standard InChI is InChI=1S/C12H18N4/c1-15-9-6-14-12(15)5-8-16-7-3-2-4-11(16)10-13/h6,9,11H,2-5,7-8H2,1H3. The number of rotatable bonds is 3. The zero-order valence-electron chi connectivity index (χ0n) is 9.76. The van der Waals surface area contributed by atoms with Crippen LogP contribution in [-0.2, 0) is 13.5 Å². The van der Waals surface area contributed by atoms with Crippen LogP contribution < -0.4 is 0 Å². The summed E-state index contributed by atoms with van der Waals surface area (Å²) in [6.45, 7) is 2.01. The van der Waals surface area contributed by atoms with E-state index in [0.29, 0.717) is 0 Å². The van der Waals surface area contributed by atoms with Crippen molar-refractivity contribution in [2.45, 2.75) is 31.7 Å². The highest BCUT2D eigenvalue weighted by Gasteiger charge is 2.21. The number of aromatic nitrogens is 2. The molecule has 4 heteroatoms. The maximum Gasteiger partial charge on any atom is 0.109 e. The quantitative estimate of drug-likeness (QED) is 0.769. The summed E-state index contributed by atoms with van der Waals surface area (Å²) in [5.74, 6) is 1.10. The van der Waals surface area contributed by atoms with Gasteiger partial charge in [-0.15, -0.1) is 0 Å². The van der Waals surface area contributed by atoms with Gasteiger partial charge in [0, 0.05) is 32.4 Å². The lowest BCUT2D eigenvalue weighted by atomic mass is 10.0. The molecule has 0 spiro atoms. The SMILES string of the molecule is Cn1ccnc1CCN1CCCCC1C#N. The number of nitrogens with zero attached hydrogens (tertiary/aromatic N) is 4. The van der Waals surface area contributed by atoms with E-state index in [1.54, 1.807) is 0 Å². The molecule has 0 bridgehead atoms. The normalized spacial score (nSPS) is 21.9. The molecule has 16 heavy (non-hydrogen) atoms. The Hall–Kier alpha value is -1.34. The Morgan fingerprint density at radius 2 is 2.44 bits per heavy atom. The van der Waals surface area contributed by atoms with E-state index < -0.39 is 0 Å². The highest BCUT2D eigenvalue weighted by atomic mass is 15.2. The summed E-state index contributed by atoms with van der Waals surface area (Å²) in [5, 5.41) is 9.06. The summed E-state index contributed by atoms with van der Waals surface area (Å²) in [6.07, 6.45) is 8.16. The Balaban J connectivity index is 1.89. The van der Waals surface area contributed by atoms with E-state index in [4.69, 9.17) is 5.26 Å². The van der Waals surface area contributed by atoms with E-state index in [2.05, 4.69) is 16.0 Å².